The van der Waals surface area contributed by atoms with Crippen LogP contribution in [-0.2, 0) is 0 Å². The molecule has 3 rings (SSSR count). The van der Waals surface area contributed by atoms with Crippen LogP contribution < -0.4 is 10.2 Å². The SMILES string of the molecule is COc1c(-c2cc(=O)c3cccc(Cl)c3o2)ccc(C)c1O. The van der Waals surface area contributed by atoms with Gasteiger partial charge in [-0.3, -0.25) is 4.79 Å². The molecule has 5 heteroatoms. The first-order chi connectivity index (χ1) is 10.5. The molecule has 0 aliphatic rings. The number of hydrogen-bond acceptors (Lipinski definition) is 4. The highest BCUT2D eigenvalue weighted by molar-refractivity contribution is 6.34. The average Bonchev–Trinajstić information content (AvgIpc) is 2.50. The van der Waals surface area contributed by atoms with E-state index < -0.39 is 0 Å². The molecule has 22 heavy (non-hydrogen) atoms. The van der Waals surface area contributed by atoms with Crippen molar-refractivity contribution in [3.8, 4) is 22.8 Å². The van der Waals surface area contributed by atoms with E-state index in [1.54, 1.807) is 37.3 Å². The zero-order chi connectivity index (χ0) is 15.9. The van der Waals surface area contributed by atoms with Crippen molar-refractivity contribution in [2.24, 2.45) is 0 Å². The van der Waals surface area contributed by atoms with Gasteiger partial charge in [-0.25, -0.2) is 0 Å². The van der Waals surface area contributed by atoms with Crippen molar-refractivity contribution in [1.82, 2.24) is 0 Å². The van der Waals surface area contributed by atoms with E-state index in [2.05, 4.69) is 0 Å². The van der Waals surface area contributed by atoms with Crippen LogP contribution in [-0.4, -0.2) is 12.2 Å². The van der Waals surface area contributed by atoms with Crippen LogP contribution in [0.1, 0.15) is 5.56 Å². The highest BCUT2D eigenvalue weighted by Gasteiger charge is 2.17. The van der Waals surface area contributed by atoms with E-state index in [9.17, 15) is 9.90 Å². The van der Waals surface area contributed by atoms with Gasteiger partial charge in [0.15, 0.2) is 22.5 Å². The number of phenols is 1. The van der Waals surface area contributed by atoms with Crippen LogP contribution >= 0.6 is 11.6 Å². The van der Waals surface area contributed by atoms with Gasteiger partial charge in [-0.1, -0.05) is 23.7 Å². The van der Waals surface area contributed by atoms with Crippen LogP contribution in [0.25, 0.3) is 22.3 Å². The summed E-state index contributed by atoms with van der Waals surface area (Å²) in [5, 5.41) is 10.9. The summed E-state index contributed by atoms with van der Waals surface area (Å²) < 4.78 is 11.0. The Morgan fingerprint density at radius 1 is 1.23 bits per heavy atom. The fraction of sp³-hybridized carbons (Fsp3) is 0.118. The molecular weight excluding hydrogens is 304 g/mol. The van der Waals surface area contributed by atoms with Crippen LogP contribution in [0.2, 0.25) is 5.02 Å². The van der Waals surface area contributed by atoms with Crippen molar-refractivity contribution < 1.29 is 14.3 Å². The van der Waals surface area contributed by atoms with E-state index in [4.69, 9.17) is 20.8 Å². The fourth-order valence-electron chi connectivity index (χ4n) is 2.35. The summed E-state index contributed by atoms with van der Waals surface area (Å²) in [4.78, 5) is 12.3. The van der Waals surface area contributed by atoms with E-state index in [0.29, 0.717) is 27.1 Å². The fourth-order valence-corrected chi connectivity index (χ4v) is 2.56. The highest BCUT2D eigenvalue weighted by Crippen LogP contribution is 2.40. The number of hydrogen-bond donors (Lipinski definition) is 1. The Morgan fingerprint density at radius 3 is 2.73 bits per heavy atom. The maximum Gasteiger partial charge on any atom is 0.193 e. The van der Waals surface area contributed by atoms with Gasteiger partial charge >= 0.3 is 0 Å². The predicted octanol–water partition coefficient (Wildman–Crippen LogP) is 4.14. The van der Waals surface area contributed by atoms with Gasteiger partial charge in [-0.05, 0) is 30.7 Å². The molecular formula is C17H13ClO4. The summed E-state index contributed by atoms with van der Waals surface area (Å²) in [6.07, 6.45) is 0. The van der Waals surface area contributed by atoms with Crippen molar-refractivity contribution in [3.05, 3.63) is 57.2 Å². The first-order valence-electron chi connectivity index (χ1n) is 6.62. The van der Waals surface area contributed by atoms with Crippen molar-refractivity contribution in [3.63, 3.8) is 0 Å². The molecule has 0 unspecified atom stereocenters. The summed E-state index contributed by atoms with van der Waals surface area (Å²) in [5.41, 5.74) is 1.26. The number of rotatable bonds is 2. The number of fused-ring (bicyclic) bond motifs is 1. The molecule has 0 aliphatic heterocycles. The van der Waals surface area contributed by atoms with Gasteiger partial charge in [-0.15, -0.1) is 0 Å². The van der Waals surface area contributed by atoms with E-state index in [0.717, 1.165) is 0 Å². The molecule has 0 atom stereocenters. The molecule has 0 radical (unpaired) electrons. The van der Waals surface area contributed by atoms with Crippen molar-refractivity contribution in [2.75, 3.05) is 7.11 Å². The lowest BCUT2D eigenvalue weighted by molar-refractivity contribution is 0.372. The number of aryl methyl sites for hydroxylation is 1. The van der Waals surface area contributed by atoms with Gasteiger partial charge < -0.3 is 14.3 Å². The van der Waals surface area contributed by atoms with Gasteiger partial charge in [0.25, 0.3) is 0 Å². The van der Waals surface area contributed by atoms with Crippen molar-refractivity contribution in [1.29, 1.82) is 0 Å². The summed E-state index contributed by atoms with van der Waals surface area (Å²) in [7, 11) is 1.45. The summed E-state index contributed by atoms with van der Waals surface area (Å²) in [6, 6.07) is 9.82. The molecule has 0 fully saturated rings. The summed E-state index contributed by atoms with van der Waals surface area (Å²) in [5.74, 6) is 0.564. The van der Waals surface area contributed by atoms with Crippen molar-refractivity contribution >= 4 is 22.6 Å². The van der Waals surface area contributed by atoms with Gasteiger partial charge in [-0.2, -0.15) is 0 Å². The molecule has 1 heterocycles. The largest absolute Gasteiger partial charge is 0.504 e. The Balaban J connectivity index is 2.35. The third kappa shape index (κ3) is 2.22. The van der Waals surface area contributed by atoms with Gasteiger partial charge in [0.2, 0.25) is 0 Å². The monoisotopic (exact) mass is 316 g/mol. The number of halogens is 1. The van der Waals surface area contributed by atoms with Gasteiger partial charge in [0.1, 0.15) is 5.76 Å². The maximum absolute atomic E-state index is 12.3. The number of phenolic OH excluding ortho intramolecular Hbond substituents is 1. The lowest BCUT2D eigenvalue weighted by atomic mass is 10.1. The minimum Gasteiger partial charge on any atom is -0.504 e. The van der Waals surface area contributed by atoms with E-state index in [-0.39, 0.29) is 22.7 Å². The summed E-state index contributed by atoms with van der Waals surface area (Å²) >= 11 is 6.11. The van der Waals surface area contributed by atoms with Crippen LogP contribution in [0.3, 0.4) is 0 Å². The second-order valence-electron chi connectivity index (χ2n) is 4.90. The first kappa shape index (κ1) is 14.5. The highest BCUT2D eigenvalue weighted by atomic mass is 35.5. The van der Waals surface area contributed by atoms with Crippen molar-refractivity contribution in [2.45, 2.75) is 6.92 Å². The van der Waals surface area contributed by atoms with E-state index in [1.807, 2.05) is 0 Å². The molecule has 0 bridgehead atoms. The van der Waals surface area contributed by atoms with Gasteiger partial charge in [0.05, 0.1) is 23.1 Å². The van der Waals surface area contributed by atoms with Crippen LogP contribution in [0.4, 0.5) is 0 Å². The molecule has 3 aromatic rings. The minimum absolute atomic E-state index is 0.0157. The zero-order valence-electron chi connectivity index (χ0n) is 12.0. The Morgan fingerprint density at radius 2 is 2.00 bits per heavy atom. The average molecular weight is 317 g/mol. The third-order valence-corrected chi connectivity index (χ3v) is 3.81. The second-order valence-corrected chi connectivity index (χ2v) is 5.31. The Hall–Kier alpha value is -2.46. The quantitative estimate of drug-likeness (QED) is 0.772. The molecule has 4 nitrogen and oxygen atoms in total. The maximum atomic E-state index is 12.3. The number of benzene rings is 2. The van der Waals surface area contributed by atoms with Gasteiger partial charge in [0, 0.05) is 6.07 Å². The Kier molecular flexibility index (Phi) is 3.54. The zero-order valence-corrected chi connectivity index (χ0v) is 12.8. The lowest BCUT2D eigenvalue weighted by Gasteiger charge is -2.12. The van der Waals surface area contributed by atoms with Crippen LogP contribution in [0.5, 0.6) is 11.5 Å². The lowest BCUT2D eigenvalue weighted by Crippen LogP contribution is -2.01. The van der Waals surface area contributed by atoms with Crippen LogP contribution in [0, 0.1) is 6.92 Å². The second kappa shape index (κ2) is 5.39. The smallest absolute Gasteiger partial charge is 0.193 e. The molecule has 0 saturated heterocycles. The summed E-state index contributed by atoms with van der Waals surface area (Å²) in [6.45, 7) is 1.76. The number of aromatic hydroxyl groups is 1. The van der Waals surface area contributed by atoms with Crippen LogP contribution in [0.15, 0.2) is 45.6 Å². The van der Waals surface area contributed by atoms with E-state index >= 15 is 0 Å². The molecule has 0 spiro atoms. The standard InChI is InChI=1S/C17H13ClO4/c1-9-6-7-11(17(21-2)15(9)20)14-8-13(19)10-4-3-5-12(18)16(10)22-14/h3-8,20H,1-2H3. The molecule has 0 saturated carbocycles. The Bertz CT molecular complexity index is 928. The number of ether oxygens (including phenoxy) is 1. The minimum atomic E-state index is -0.208. The normalized spacial score (nSPS) is 10.9. The molecule has 0 amide bonds. The number of methoxy groups -OCH3 is 1. The Labute approximate surface area is 131 Å². The molecule has 2 aromatic carbocycles. The molecule has 1 N–H and O–H groups in total. The molecule has 0 aliphatic carbocycles. The van der Waals surface area contributed by atoms with E-state index in [1.165, 1.54) is 13.2 Å². The molecule has 112 valence electrons. The predicted molar refractivity (Wildman–Crippen MR) is 85.9 cm³/mol. The first-order valence-corrected chi connectivity index (χ1v) is 7.00. The topological polar surface area (TPSA) is 59.7 Å². The third-order valence-electron chi connectivity index (χ3n) is 3.51. The number of para-hydroxylation sites is 1. The molecule has 1 aromatic heterocycles.